The van der Waals surface area contributed by atoms with Gasteiger partial charge in [0, 0.05) is 18.7 Å². The number of amides is 1. The van der Waals surface area contributed by atoms with Crippen LogP contribution in [0.3, 0.4) is 0 Å². The van der Waals surface area contributed by atoms with Crippen LogP contribution < -0.4 is 10.0 Å². The van der Waals surface area contributed by atoms with Crippen molar-refractivity contribution >= 4 is 15.9 Å². The number of hydrogen-bond acceptors (Lipinski definition) is 3. The Balaban J connectivity index is 1.99. The van der Waals surface area contributed by atoms with Crippen LogP contribution in [0.25, 0.3) is 0 Å². The summed E-state index contributed by atoms with van der Waals surface area (Å²) >= 11 is 0. The lowest BCUT2D eigenvalue weighted by atomic mass is 10.1. The molecule has 0 saturated carbocycles. The summed E-state index contributed by atoms with van der Waals surface area (Å²) in [5.41, 5.74) is 2.41. The third-order valence-electron chi connectivity index (χ3n) is 4.15. The summed E-state index contributed by atoms with van der Waals surface area (Å²) in [7, 11) is -3.63. The lowest BCUT2D eigenvalue weighted by Gasteiger charge is -2.10. The monoisotopic (exact) mass is 374 g/mol. The first-order chi connectivity index (χ1) is 12.3. The maximum atomic E-state index is 12.4. The first-order valence-electron chi connectivity index (χ1n) is 8.72. The second kappa shape index (κ2) is 8.96. The highest BCUT2D eigenvalue weighted by Gasteiger charge is 2.15. The highest BCUT2D eigenvalue weighted by molar-refractivity contribution is 7.89. The minimum Gasteiger partial charge on any atom is -0.352 e. The summed E-state index contributed by atoms with van der Waals surface area (Å²) in [6.45, 7) is 6.96. The quantitative estimate of drug-likeness (QED) is 0.745. The Kier molecular flexibility index (Phi) is 6.94. The molecule has 2 aromatic rings. The molecule has 140 valence electrons. The fourth-order valence-electron chi connectivity index (χ4n) is 2.43. The van der Waals surface area contributed by atoms with Crippen molar-refractivity contribution in [2.75, 3.05) is 6.54 Å². The average molecular weight is 375 g/mol. The minimum atomic E-state index is -3.63. The Bertz CT molecular complexity index is 844. The van der Waals surface area contributed by atoms with E-state index in [0.717, 1.165) is 17.5 Å². The summed E-state index contributed by atoms with van der Waals surface area (Å²) in [5.74, 6) is 0.324. The van der Waals surface area contributed by atoms with E-state index in [-0.39, 0.29) is 17.3 Å². The largest absolute Gasteiger partial charge is 0.352 e. The molecule has 5 nitrogen and oxygen atoms in total. The molecule has 2 rings (SSSR count). The first kappa shape index (κ1) is 20.1. The third kappa shape index (κ3) is 5.68. The molecule has 0 fully saturated rings. The van der Waals surface area contributed by atoms with Gasteiger partial charge in [-0.25, -0.2) is 13.1 Å². The Morgan fingerprint density at radius 1 is 1.04 bits per heavy atom. The zero-order valence-electron chi connectivity index (χ0n) is 15.5. The van der Waals surface area contributed by atoms with Gasteiger partial charge in [-0.3, -0.25) is 4.79 Å². The molecule has 0 aliphatic heterocycles. The van der Waals surface area contributed by atoms with Gasteiger partial charge in [-0.15, -0.1) is 0 Å². The molecule has 2 aromatic carbocycles. The number of hydrogen-bond donors (Lipinski definition) is 2. The summed E-state index contributed by atoms with van der Waals surface area (Å²) < 4.78 is 27.5. The number of sulfonamides is 1. The Morgan fingerprint density at radius 2 is 1.69 bits per heavy atom. The highest BCUT2D eigenvalue weighted by atomic mass is 32.2. The van der Waals surface area contributed by atoms with Crippen molar-refractivity contribution in [3.8, 4) is 0 Å². The minimum absolute atomic E-state index is 0.143. The SMILES string of the molecule is Cc1ccccc1CNS(=O)(=O)c1ccc(C(=O)NCCC(C)C)cc1. The molecule has 0 aliphatic carbocycles. The molecule has 0 aliphatic rings. The summed E-state index contributed by atoms with van der Waals surface area (Å²) in [4.78, 5) is 12.2. The maximum absolute atomic E-state index is 12.4. The Labute approximate surface area is 155 Å². The van der Waals surface area contributed by atoms with Gasteiger partial charge in [0.15, 0.2) is 0 Å². The summed E-state index contributed by atoms with van der Waals surface area (Å²) in [6, 6.07) is 13.6. The topological polar surface area (TPSA) is 75.3 Å². The van der Waals surface area contributed by atoms with Crippen LogP contribution in [0.15, 0.2) is 53.4 Å². The Morgan fingerprint density at radius 3 is 2.31 bits per heavy atom. The molecule has 0 aromatic heterocycles. The molecular formula is C20H26N2O3S. The predicted molar refractivity (Wildman–Crippen MR) is 103 cm³/mol. The fourth-order valence-corrected chi connectivity index (χ4v) is 3.43. The van der Waals surface area contributed by atoms with Crippen LogP contribution in [0.5, 0.6) is 0 Å². The molecule has 2 N–H and O–H groups in total. The van der Waals surface area contributed by atoms with E-state index in [2.05, 4.69) is 23.9 Å². The molecule has 0 bridgehead atoms. The van der Waals surface area contributed by atoms with E-state index < -0.39 is 10.0 Å². The molecule has 1 amide bonds. The van der Waals surface area contributed by atoms with Gasteiger partial charge in [-0.05, 0) is 54.7 Å². The predicted octanol–water partition coefficient (Wildman–Crippen LogP) is 3.25. The fraction of sp³-hybridized carbons (Fsp3) is 0.350. The smallest absolute Gasteiger partial charge is 0.251 e. The van der Waals surface area contributed by atoms with E-state index in [1.807, 2.05) is 31.2 Å². The molecular weight excluding hydrogens is 348 g/mol. The van der Waals surface area contributed by atoms with Crippen molar-refractivity contribution in [1.29, 1.82) is 0 Å². The zero-order valence-corrected chi connectivity index (χ0v) is 16.3. The summed E-state index contributed by atoms with van der Waals surface area (Å²) in [5, 5.41) is 2.84. The molecule has 0 atom stereocenters. The number of benzene rings is 2. The lowest BCUT2D eigenvalue weighted by Crippen LogP contribution is -2.26. The number of carbonyl (C=O) groups is 1. The van der Waals surface area contributed by atoms with Crippen LogP contribution in [-0.4, -0.2) is 20.9 Å². The maximum Gasteiger partial charge on any atom is 0.251 e. The van der Waals surface area contributed by atoms with Crippen LogP contribution in [0.1, 0.15) is 41.8 Å². The second-order valence-electron chi connectivity index (χ2n) is 6.71. The molecule has 0 spiro atoms. The molecule has 0 unspecified atom stereocenters. The van der Waals surface area contributed by atoms with Crippen LogP contribution >= 0.6 is 0 Å². The van der Waals surface area contributed by atoms with Gasteiger partial charge in [-0.1, -0.05) is 38.1 Å². The standard InChI is InChI=1S/C20H26N2O3S/c1-15(2)12-13-21-20(23)17-8-10-19(11-9-17)26(24,25)22-14-18-7-5-4-6-16(18)3/h4-11,15,22H,12-14H2,1-3H3,(H,21,23). The molecule has 0 radical (unpaired) electrons. The van der Waals surface area contributed by atoms with Gasteiger partial charge in [0.25, 0.3) is 5.91 Å². The van der Waals surface area contributed by atoms with Crippen molar-refractivity contribution in [3.05, 3.63) is 65.2 Å². The number of rotatable bonds is 8. The van der Waals surface area contributed by atoms with E-state index >= 15 is 0 Å². The second-order valence-corrected chi connectivity index (χ2v) is 8.48. The average Bonchev–Trinajstić information content (AvgIpc) is 2.61. The highest BCUT2D eigenvalue weighted by Crippen LogP contribution is 2.13. The lowest BCUT2D eigenvalue weighted by molar-refractivity contribution is 0.0952. The van der Waals surface area contributed by atoms with E-state index in [1.165, 1.54) is 24.3 Å². The van der Waals surface area contributed by atoms with Crippen molar-refractivity contribution in [3.63, 3.8) is 0 Å². The number of carbonyl (C=O) groups excluding carboxylic acids is 1. The van der Waals surface area contributed by atoms with Crippen molar-refractivity contribution in [1.82, 2.24) is 10.0 Å². The zero-order chi connectivity index (χ0) is 19.2. The van der Waals surface area contributed by atoms with E-state index in [9.17, 15) is 13.2 Å². The molecule has 0 heterocycles. The summed E-state index contributed by atoms with van der Waals surface area (Å²) in [6.07, 6.45) is 0.904. The first-order valence-corrected chi connectivity index (χ1v) is 10.2. The Hall–Kier alpha value is -2.18. The van der Waals surface area contributed by atoms with Gasteiger partial charge in [0.05, 0.1) is 4.90 Å². The molecule has 26 heavy (non-hydrogen) atoms. The van der Waals surface area contributed by atoms with Crippen molar-refractivity contribution in [2.24, 2.45) is 5.92 Å². The van der Waals surface area contributed by atoms with E-state index in [4.69, 9.17) is 0 Å². The number of aryl methyl sites for hydroxylation is 1. The van der Waals surface area contributed by atoms with Crippen LogP contribution in [0.2, 0.25) is 0 Å². The van der Waals surface area contributed by atoms with Crippen molar-refractivity contribution < 1.29 is 13.2 Å². The van der Waals surface area contributed by atoms with E-state index in [1.54, 1.807) is 0 Å². The van der Waals surface area contributed by atoms with Gasteiger partial charge < -0.3 is 5.32 Å². The normalized spacial score (nSPS) is 11.5. The molecule has 6 heteroatoms. The van der Waals surface area contributed by atoms with Crippen LogP contribution in [-0.2, 0) is 16.6 Å². The molecule has 0 saturated heterocycles. The van der Waals surface area contributed by atoms with Crippen LogP contribution in [0.4, 0.5) is 0 Å². The van der Waals surface area contributed by atoms with Crippen molar-refractivity contribution in [2.45, 2.75) is 38.6 Å². The third-order valence-corrected chi connectivity index (χ3v) is 5.57. The van der Waals surface area contributed by atoms with Gasteiger partial charge in [0.2, 0.25) is 10.0 Å². The van der Waals surface area contributed by atoms with Gasteiger partial charge in [0.1, 0.15) is 0 Å². The van der Waals surface area contributed by atoms with Gasteiger partial charge in [-0.2, -0.15) is 0 Å². The van der Waals surface area contributed by atoms with Gasteiger partial charge >= 0.3 is 0 Å². The number of nitrogens with one attached hydrogen (secondary N) is 2. The van der Waals surface area contributed by atoms with Crippen LogP contribution in [0, 0.1) is 12.8 Å². The van der Waals surface area contributed by atoms with E-state index in [0.29, 0.717) is 18.0 Å².